The molecule has 4 fully saturated rings. The molecule has 0 aromatic heterocycles. The zero-order chi connectivity index (χ0) is 21.2. The van der Waals surface area contributed by atoms with E-state index in [1.807, 2.05) is 24.3 Å². The van der Waals surface area contributed by atoms with Crippen molar-refractivity contribution in [2.45, 2.75) is 50.9 Å². The minimum atomic E-state index is 0.108. The Morgan fingerprint density at radius 3 is 2.06 bits per heavy atom. The average Bonchev–Trinajstić information content (AvgIpc) is 2.77. The van der Waals surface area contributed by atoms with Crippen molar-refractivity contribution in [3.63, 3.8) is 0 Å². The van der Waals surface area contributed by atoms with Gasteiger partial charge in [-0.3, -0.25) is 4.79 Å². The second-order valence-corrected chi connectivity index (χ2v) is 10.5. The molecule has 0 atom stereocenters. The van der Waals surface area contributed by atoms with Crippen LogP contribution in [0.1, 0.15) is 65.6 Å². The smallest absolute Gasteiger partial charge is 0.193 e. The molecule has 2 heteroatoms. The maximum absolute atomic E-state index is 13.5. The molecule has 0 saturated heterocycles. The monoisotopic (exact) mass is 410 g/mol. The third-order valence-corrected chi connectivity index (χ3v) is 8.33. The minimum Gasteiger partial charge on any atom is -0.496 e. The average molecular weight is 411 g/mol. The van der Waals surface area contributed by atoms with Gasteiger partial charge in [0.25, 0.3) is 0 Å². The molecule has 0 aliphatic heterocycles. The van der Waals surface area contributed by atoms with Crippen molar-refractivity contribution in [1.29, 1.82) is 0 Å². The van der Waals surface area contributed by atoms with Gasteiger partial charge < -0.3 is 4.74 Å². The van der Waals surface area contributed by atoms with Gasteiger partial charge in [0.15, 0.2) is 5.78 Å². The quantitative estimate of drug-likeness (QED) is 0.439. The van der Waals surface area contributed by atoms with E-state index in [2.05, 4.69) is 37.3 Å². The number of aryl methyl sites for hydroxylation is 1. The number of rotatable bonds is 4. The van der Waals surface area contributed by atoms with Crippen LogP contribution < -0.4 is 4.74 Å². The Morgan fingerprint density at radius 2 is 1.39 bits per heavy atom. The fourth-order valence-corrected chi connectivity index (χ4v) is 7.38. The van der Waals surface area contributed by atoms with Crippen LogP contribution in [-0.4, -0.2) is 12.9 Å². The standard InChI is InChI=1S/C29H30O2/c1-18-3-4-23-13-24(6-5-22(23)9-18)28(30)25-7-8-27(31-2)26(14-25)29-15-19-10-20(16-29)12-21(11-19)17-29/h3-9,13-14,19-21H,10-12,15-17H2,1-2H3. The molecule has 158 valence electrons. The highest BCUT2D eigenvalue weighted by Gasteiger charge is 2.52. The fourth-order valence-electron chi connectivity index (χ4n) is 7.38. The Balaban J connectivity index is 1.40. The van der Waals surface area contributed by atoms with E-state index in [1.165, 1.54) is 55.0 Å². The lowest BCUT2D eigenvalue weighted by atomic mass is 9.48. The number of methoxy groups -OCH3 is 1. The van der Waals surface area contributed by atoms with E-state index < -0.39 is 0 Å². The molecule has 0 heterocycles. The van der Waals surface area contributed by atoms with E-state index in [1.54, 1.807) is 7.11 Å². The van der Waals surface area contributed by atoms with Crippen LogP contribution in [0.3, 0.4) is 0 Å². The van der Waals surface area contributed by atoms with E-state index in [4.69, 9.17) is 4.74 Å². The first-order chi connectivity index (χ1) is 15.0. The third-order valence-electron chi connectivity index (χ3n) is 8.33. The first-order valence-electron chi connectivity index (χ1n) is 11.8. The summed E-state index contributed by atoms with van der Waals surface area (Å²) in [5.74, 6) is 3.65. The summed E-state index contributed by atoms with van der Waals surface area (Å²) in [6, 6.07) is 18.6. The van der Waals surface area contributed by atoms with E-state index in [0.29, 0.717) is 0 Å². The number of hydrogen-bond donors (Lipinski definition) is 0. The van der Waals surface area contributed by atoms with Crippen LogP contribution in [0.15, 0.2) is 54.6 Å². The van der Waals surface area contributed by atoms with Crippen molar-refractivity contribution in [1.82, 2.24) is 0 Å². The molecule has 0 amide bonds. The predicted molar refractivity (Wildman–Crippen MR) is 125 cm³/mol. The number of fused-ring (bicyclic) bond motifs is 1. The van der Waals surface area contributed by atoms with E-state index in [9.17, 15) is 4.79 Å². The highest BCUT2D eigenvalue weighted by atomic mass is 16.5. The van der Waals surface area contributed by atoms with Crippen molar-refractivity contribution in [3.05, 3.63) is 76.9 Å². The largest absolute Gasteiger partial charge is 0.496 e. The van der Waals surface area contributed by atoms with Crippen molar-refractivity contribution < 1.29 is 9.53 Å². The Hall–Kier alpha value is -2.61. The highest BCUT2D eigenvalue weighted by molar-refractivity contribution is 6.10. The molecule has 4 saturated carbocycles. The van der Waals surface area contributed by atoms with Gasteiger partial charge in [-0.25, -0.2) is 0 Å². The second kappa shape index (κ2) is 6.95. The van der Waals surface area contributed by atoms with Crippen LogP contribution in [0, 0.1) is 24.7 Å². The Kier molecular flexibility index (Phi) is 4.28. The van der Waals surface area contributed by atoms with Crippen molar-refractivity contribution in [2.75, 3.05) is 7.11 Å². The summed E-state index contributed by atoms with van der Waals surface area (Å²) in [7, 11) is 1.77. The lowest BCUT2D eigenvalue weighted by Gasteiger charge is -2.57. The van der Waals surface area contributed by atoms with Gasteiger partial charge in [-0.2, -0.15) is 0 Å². The van der Waals surface area contributed by atoms with E-state index >= 15 is 0 Å². The zero-order valence-electron chi connectivity index (χ0n) is 18.5. The number of hydrogen-bond acceptors (Lipinski definition) is 2. The van der Waals surface area contributed by atoms with Crippen LogP contribution >= 0.6 is 0 Å². The molecule has 3 aromatic carbocycles. The summed E-state index contributed by atoms with van der Waals surface area (Å²) >= 11 is 0. The number of ether oxygens (including phenoxy) is 1. The number of carbonyl (C=O) groups excluding carboxylic acids is 1. The lowest BCUT2D eigenvalue weighted by Crippen LogP contribution is -2.48. The van der Waals surface area contributed by atoms with Gasteiger partial charge in [0, 0.05) is 16.7 Å². The van der Waals surface area contributed by atoms with Crippen molar-refractivity contribution in [2.24, 2.45) is 17.8 Å². The second-order valence-electron chi connectivity index (χ2n) is 10.5. The minimum absolute atomic E-state index is 0.108. The molecule has 4 bridgehead atoms. The third kappa shape index (κ3) is 3.11. The molecule has 7 rings (SSSR count). The van der Waals surface area contributed by atoms with Gasteiger partial charge >= 0.3 is 0 Å². The van der Waals surface area contributed by atoms with E-state index in [-0.39, 0.29) is 11.2 Å². The van der Waals surface area contributed by atoms with Gasteiger partial charge in [-0.05, 0) is 104 Å². The SMILES string of the molecule is COc1ccc(C(=O)c2ccc3cc(C)ccc3c2)cc1C12CC3CC(CC(C3)C1)C2. The zero-order valence-corrected chi connectivity index (χ0v) is 18.5. The maximum atomic E-state index is 13.5. The van der Waals surface area contributed by atoms with Crippen molar-refractivity contribution in [3.8, 4) is 5.75 Å². The molecule has 2 nitrogen and oxygen atoms in total. The first kappa shape index (κ1) is 19.1. The molecule has 3 aromatic rings. The van der Waals surface area contributed by atoms with E-state index in [0.717, 1.165) is 40.0 Å². The maximum Gasteiger partial charge on any atom is 0.193 e. The molecular weight excluding hydrogens is 380 g/mol. The Labute approximate surface area is 184 Å². The molecule has 0 spiro atoms. The normalized spacial score (nSPS) is 28.8. The highest BCUT2D eigenvalue weighted by Crippen LogP contribution is 2.62. The van der Waals surface area contributed by atoms with Crippen LogP contribution in [-0.2, 0) is 5.41 Å². The molecule has 0 radical (unpaired) electrons. The number of ketones is 1. The molecule has 0 N–H and O–H groups in total. The molecule has 4 aliphatic carbocycles. The van der Waals surface area contributed by atoms with Crippen LogP contribution in [0.2, 0.25) is 0 Å². The lowest BCUT2D eigenvalue weighted by molar-refractivity contribution is -0.00617. The summed E-state index contributed by atoms with van der Waals surface area (Å²) in [5.41, 5.74) is 4.28. The molecule has 31 heavy (non-hydrogen) atoms. The summed E-state index contributed by atoms with van der Waals surface area (Å²) in [4.78, 5) is 13.5. The first-order valence-corrected chi connectivity index (χ1v) is 11.8. The van der Waals surface area contributed by atoms with Crippen LogP contribution in [0.5, 0.6) is 5.75 Å². The summed E-state index contributed by atoms with van der Waals surface area (Å²) in [5, 5.41) is 2.30. The van der Waals surface area contributed by atoms with Gasteiger partial charge in [-0.1, -0.05) is 35.9 Å². The van der Waals surface area contributed by atoms with Gasteiger partial charge in [0.05, 0.1) is 7.11 Å². The Morgan fingerprint density at radius 1 is 0.806 bits per heavy atom. The van der Waals surface area contributed by atoms with Gasteiger partial charge in [0.1, 0.15) is 5.75 Å². The summed E-state index contributed by atoms with van der Waals surface area (Å²) in [6.07, 6.45) is 8.04. The number of carbonyl (C=O) groups is 1. The summed E-state index contributed by atoms with van der Waals surface area (Å²) < 4.78 is 5.83. The van der Waals surface area contributed by atoms with Crippen LogP contribution in [0.25, 0.3) is 10.8 Å². The number of benzene rings is 3. The fraction of sp³-hybridized carbons (Fsp3) is 0.414. The Bertz CT molecular complexity index is 1150. The summed E-state index contributed by atoms with van der Waals surface area (Å²) in [6.45, 7) is 2.10. The molecular formula is C29H30O2. The van der Waals surface area contributed by atoms with Gasteiger partial charge in [0.2, 0.25) is 0 Å². The predicted octanol–water partition coefficient (Wildman–Crippen LogP) is 6.86. The molecule has 0 unspecified atom stereocenters. The van der Waals surface area contributed by atoms with Crippen LogP contribution in [0.4, 0.5) is 0 Å². The van der Waals surface area contributed by atoms with Crippen molar-refractivity contribution >= 4 is 16.6 Å². The van der Waals surface area contributed by atoms with Gasteiger partial charge in [-0.15, -0.1) is 0 Å². The topological polar surface area (TPSA) is 26.3 Å². The molecule has 4 aliphatic rings.